The number of rotatable bonds is 5. The van der Waals surface area contributed by atoms with Crippen LogP contribution in [0.15, 0.2) is 24.3 Å². The van der Waals surface area contributed by atoms with Crippen molar-refractivity contribution in [2.45, 2.75) is 25.6 Å². The van der Waals surface area contributed by atoms with Gasteiger partial charge in [-0.2, -0.15) is 5.10 Å². The molecule has 1 aliphatic carbocycles. The molecule has 4 rings (SSSR count). The van der Waals surface area contributed by atoms with Crippen LogP contribution in [0.25, 0.3) is 11.4 Å². The van der Waals surface area contributed by atoms with Crippen molar-refractivity contribution in [2.75, 3.05) is 32.7 Å². The average Bonchev–Trinajstić information content (AvgIpc) is 3.43. The zero-order valence-corrected chi connectivity index (χ0v) is 15.5. The maximum Gasteiger partial charge on any atom is 0.199 e. The number of hydrogen-bond donors (Lipinski definition) is 0. The van der Waals surface area contributed by atoms with Gasteiger partial charge in [0.2, 0.25) is 0 Å². The Bertz CT molecular complexity index is 884. The molecule has 1 aromatic heterocycles. The molecule has 5 nitrogen and oxygen atoms in total. The summed E-state index contributed by atoms with van der Waals surface area (Å²) in [4.78, 5) is 4.58. The Morgan fingerprint density at radius 1 is 1.15 bits per heavy atom. The van der Waals surface area contributed by atoms with Crippen molar-refractivity contribution >= 4 is 12.2 Å². The first kappa shape index (κ1) is 17.4. The second-order valence-corrected chi connectivity index (χ2v) is 7.29. The summed E-state index contributed by atoms with van der Waals surface area (Å²) in [6.07, 6.45) is 7.54. The van der Waals surface area contributed by atoms with E-state index in [1.807, 2.05) is 15.3 Å². The van der Waals surface area contributed by atoms with E-state index in [-0.39, 0.29) is 5.82 Å². The molecule has 0 N–H and O–H groups in total. The molecule has 1 aliphatic heterocycles. The van der Waals surface area contributed by atoms with E-state index in [0.717, 1.165) is 39.0 Å². The molecule has 2 aliphatic rings. The highest BCUT2D eigenvalue weighted by Gasteiger charge is 2.30. The van der Waals surface area contributed by atoms with Crippen LogP contribution >= 0.6 is 12.2 Å². The lowest BCUT2D eigenvalue weighted by molar-refractivity contribution is 0.111. The van der Waals surface area contributed by atoms with E-state index in [1.54, 1.807) is 12.1 Å². The first-order valence-electron chi connectivity index (χ1n) is 9.00. The molecular formula is C19H22FN5S. The van der Waals surface area contributed by atoms with Crippen molar-refractivity contribution in [3.8, 4) is 23.7 Å². The monoisotopic (exact) mass is 371 g/mol. The third-order valence-corrected chi connectivity index (χ3v) is 5.42. The van der Waals surface area contributed by atoms with Crippen LogP contribution in [-0.4, -0.2) is 56.9 Å². The maximum atomic E-state index is 14.3. The Balaban J connectivity index is 1.58. The molecule has 136 valence electrons. The van der Waals surface area contributed by atoms with E-state index in [4.69, 9.17) is 23.7 Å². The van der Waals surface area contributed by atoms with E-state index in [2.05, 4.69) is 15.7 Å². The first-order valence-corrected chi connectivity index (χ1v) is 9.40. The fourth-order valence-corrected chi connectivity index (χ4v) is 3.74. The van der Waals surface area contributed by atoms with Crippen LogP contribution in [0.3, 0.4) is 0 Å². The van der Waals surface area contributed by atoms with Crippen LogP contribution < -0.4 is 0 Å². The molecule has 1 saturated carbocycles. The molecule has 0 amide bonds. The van der Waals surface area contributed by atoms with Gasteiger partial charge < -0.3 is 0 Å². The van der Waals surface area contributed by atoms with Crippen molar-refractivity contribution < 1.29 is 4.39 Å². The van der Waals surface area contributed by atoms with Crippen LogP contribution in [0.5, 0.6) is 0 Å². The first-order chi connectivity index (χ1) is 12.7. The van der Waals surface area contributed by atoms with Crippen LogP contribution in [0.2, 0.25) is 0 Å². The summed E-state index contributed by atoms with van der Waals surface area (Å²) in [5, 5.41) is 4.70. The highest BCUT2D eigenvalue weighted by Crippen LogP contribution is 2.39. The summed E-state index contributed by atoms with van der Waals surface area (Å²) < 4.78 is 18.9. The number of nitrogens with zero attached hydrogens (tertiary/aromatic N) is 5. The van der Waals surface area contributed by atoms with Crippen LogP contribution in [0, 0.1) is 22.9 Å². The molecule has 1 saturated heterocycles. The van der Waals surface area contributed by atoms with Crippen LogP contribution in [-0.2, 0) is 6.67 Å². The lowest BCUT2D eigenvalue weighted by Crippen LogP contribution is -2.46. The van der Waals surface area contributed by atoms with Crippen molar-refractivity contribution in [1.29, 1.82) is 0 Å². The number of hydrogen-bond acceptors (Lipinski definition) is 4. The zero-order valence-electron chi connectivity index (χ0n) is 14.6. The van der Waals surface area contributed by atoms with E-state index < -0.39 is 0 Å². The van der Waals surface area contributed by atoms with E-state index in [9.17, 15) is 4.39 Å². The predicted molar refractivity (Wildman–Crippen MR) is 102 cm³/mol. The van der Waals surface area contributed by atoms with Crippen molar-refractivity contribution in [3.63, 3.8) is 0 Å². The molecule has 2 heterocycles. The van der Waals surface area contributed by atoms with Crippen LogP contribution in [0.1, 0.15) is 18.9 Å². The SMILES string of the molecule is C#CCN1CCN(Cn2nc(-c3ccccc3F)n(C3CC3)c2=S)CC1. The van der Waals surface area contributed by atoms with Gasteiger partial charge in [0.05, 0.1) is 18.8 Å². The standard InChI is InChI=1S/C19H22FN5S/c1-2-9-22-10-12-23(13-11-22)14-24-19(26)25(15-7-8-15)18(21-24)16-5-3-4-6-17(16)20/h1,3-6,15H,7-14H2. The van der Waals surface area contributed by atoms with Gasteiger partial charge in [-0.05, 0) is 37.2 Å². The van der Waals surface area contributed by atoms with Gasteiger partial charge in [0.1, 0.15) is 5.82 Å². The van der Waals surface area contributed by atoms with E-state index in [0.29, 0.717) is 35.4 Å². The Morgan fingerprint density at radius 3 is 2.50 bits per heavy atom. The molecule has 1 aromatic carbocycles. The number of halogens is 1. The van der Waals surface area contributed by atoms with Gasteiger partial charge in [-0.15, -0.1) is 6.42 Å². The Morgan fingerprint density at radius 2 is 1.85 bits per heavy atom. The molecule has 0 radical (unpaired) electrons. The van der Waals surface area contributed by atoms with Gasteiger partial charge in [0.15, 0.2) is 10.6 Å². The molecule has 0 unspecified atom stereocenters. The maximum absolute atomic E-state index is 14.3. The van der Waals surface area contributed by atoms with Crippen LogP contribution in [0.4, 0.5) is 4.39 Å². The van der Waals surface area contributed by atoms with Crippen molar-refractivity contribution in [2.24, 2.45) is 0 Å². The summed E-state index contributed by atoms with van der Waals surface area (Å²) in [7, 11) is 0. The number of piperazine rings is 1. The fourth-order valence-electron chi connectivity index (χ4n) is 3.41. The number of aromatic nitrogens is 3. The summed E-state index contributed by atoms with van der Waals surface area (Å²) in [5.74, 6) is 3.08. The average molecular weight is 371 g/mol. The molecule has 0 bridgehead atoms. The van der Waals surface area contributed by atoms with Crippen molar-refractivity contribution in [3.05, 3.63) is 34.9 Å². The number of terminal acetylenes is 1. The highest BCUT2D eigenvalue weighted by atomic mass is 32.1. The molecule has 2 fully saturated rings. The zero-order chi connectivity index (χ0) is 18.1. The molecule has 0 atom stereocenters. The van der Waals surface area contributed by atoms with Crippen molar-refractivity contribution in [1.82, 2.24) is 24.1 Å². The quantitative estimate of drug-likeness (QED) is 0.597. The smallest absolute Gasteiger partial charge is 0.199 e. The summed E-state index contributed by atoms with van der Waals surface area (Å²) in [6, 6.07) is 7.12. The summed E-state index contributed by atoms with van der Waals surface area (Å²) >= 11 is 5.68. The third-order valence-electron chi connectivity index (χ3n) is 5.01. The van der Waals surface area contributed by atoms with Gasteiger partial charge in [-0.25, -0.2) is 9.07 Å². The second kappa shape index (κ2) is 7.31. The number of benzene rings is 1. The summed E-state index contributed by atoms with van der Waals surface area (Å²) in [6.45, 7) is 5.07. The fraction of sp³-hybridized carbons (Fsp3) is 0.474. The topological polar surface area (TPSA) is 29.2 Å². The predicted octanol–water partition coefficient (Wildman–Crippen LogP) is 2.76. The lowest BCUT2D eigenvalue weighted by atomic mass is 10.2. The van der Waals surface area contributed by atoms with Gasteiger partial charge in [-0.1, -0.05) is 18.1 Å². The van der Waals surface area contributed by atoms with Gasteiger partial charge in [-0.3, -0.25) is 14.4 Å². The molecule has 0 spiro atoms. The molecule has 7 heteroatoms. The Labute approximate surface area is 158 Å². The Kier molecular flexibility index (Phi) is 4.90. The highest BCUT2D eigenvalue weighted by molar-refractivity contribution is 7.71. The van der Waals surface area contributed by atoms with E-state index in [1.165, 1.54) is 6.07 Å². The summed E-state index contributed by atoms with van der Waals surface area (Å²) in [5.41, 5.74) is 0.517. The minimum absolute atomic E-state index is 0.260. The normalized spacial score (nSPS) is 18.8. The largest absolute Gasteiger partial charge is 0.297 e. The molecule has 2 aromatic rings. The van der Waals surface area contributed by atoms with Gasteiger partial charge in [0, 0.05) is 32.2 Å². The minimum atomic E-state index is -0.260. The molecule has 26 heavy (non-hydrogen) atoms. The lowest BCUT2D eigenvalue weighted by Gasteiger charge is -2.33. The second-order valence-electron chi connectivity index (χ2n) is 6.93. The molecular weight excluding hydrogens is 349 g/mol. The van der Waals surface area contributed by atoms with E-state index >= 15 is 0 Å². The minimum Gasteiger partial charge on any atom is -0.297 e. The van der Waals surface area contributed by atoms with Gasteiger partial charge >= 0.3 is 0 Å². The Hall–Kier alpha value is -2.01. The van der Waals surface area contributed by atoms with Gasteiger partial charge in [0.25, 0.3) is 0 Å². The third kappa shape index (κ3) is 3.45.